The number of carbonyl (C=O) groups is 3. The van der Waals surface area contributed by atoms with Gasteiger partial charge >= 0.3 is 0 Å². The summed E-state index contributed by atoms with van der Waals surface area (Å²) in [5, 5.41) is 5.45. The third kappa shape index (κ3) is 3.98. The molecule has 0 atom stereocenters. The SMILES string of the molecule is CC(=O)Nc1ccc(Br)cc1NC(=O)c1oc2c(c1C)C(=O)CC(C)(C)C2. The number of amides is 2. The highest BCUT2D eigenvalue weighted by Crippen LogP contribution is 2.38. The van der Waals surface area contributed by atoms with E-state index >= 15 is 0 Å². The van der Waals surface area contributed by atoms with Gasteiger partial charge in [-0.3, -0.25) is 14.4 Å². The minimum absolute atomic E-state index is 0.00272. The number of benzene rings is 1. The summed E-state index contributed by atoms with van der Waals surface area (Å²) >= 11 is 3.36. The molecule has 2 N–H and O–H groups in total. The fraction of sp³-hybridized carbons (Fsp3) is 0.350. The second kappa shape index (κ2) is 6.96. The normalized spacial score (nSPS) is 15.2. The molecule has 0 bridgehead atoms. The molecule has 0 spiro atoms. The number of ketones is 1. The number of anilines is 2. The van der Waals surface area contributed by atoms with Crippen molar-refractivity contribution in [3.63, 3.8) is 0 Å². The zero-order chi connectivity index (χ0) is 19.9. The molecule has 27 heavy (non-hydrogen) atoms. The van der Waals surface area contributed by atoms with Crippen LogP contribution in [-0.2, 0) is 11.2 Å². The summed E-state index contributed by atoms with van der Waals surface area (Å²) in [5.74, 6) is -0.0135. The van der Waals surface area contributed by atoms with Crippen LogP contribution in [0.3, 0.4) is 0 Å². The van der Waals surface area contributed by atoms with Crippen LogP contribution in [-0.4, -0.2) is 17.6 Å². The van der Waals surface area contributed by atoms with Gasteiger partial charge in [-0.25, -0.2) is 0 Å². The van der Waals surface area contributed by atoms with Crippen LogP contribution >= 0.6 is 15.9 Å². The number of fused-ring (bicyclic) bond motifs is 1. The van der Waals surface area contributed by atoms with E-state index in [0.29, 0.717) is 41.1 Å². The Balaban J connectivity index is 1.94. The number of nitrogens with one attached hydrogen (secondary N) is 2. The van der Waals surface area contributed by atoms with Crippen molar-refractivity contribution >= 4 is 44.9 Å². The van der Waals surface area contributed by atoms with E-state index in [1.165, 1.54) is 6.92 Å². The Kier molecular flexibility index (Phi) is 4.99. The molecule has 1 heterocycles. The predicted octanol–water partition coefficient (Wildman–Crippen LogP) is 4.72. The average molecular weight is 433 g/mol. The monoisotopic (exact) mass is 432 g/mol. The molecule has 1 aromatic heterocycles. The maximum atomic E-state index is 12.8. The molecule has 0 saturated carbocycles. The molecule has 2 aromatic rings. The summed E-state index contributed by atoms with van der Waals surface area (Å²) in [4.78, 5) is 36.7. The molecule has 0 unspecified atom stereocenters. The van der Waals surface area contributed by atoms with E-state index in [1.54, 1.807) is 25.1 Å². The Hall–Kier alpha value is -2.41. The molecule has 1 aromatic carbocycles. The molecule has 6 nitrogen and oxygen atoms in total. The molecule has 3 rings (SSSR count). The maximum Gasteiger partial charge on any atom is 0.291 e. The summed E-state index contributed by atoms with van der Waals surface area (Å²) in [6.07, 6.45) is 1.04. The van der Waals surface area contributed by atoms with Crippen molar-refractivity contribution in [1.82, 2.24) is 0 Å². The molecule has 0 aliphatic heterocycles. The molecular weight excluding hydrogens is 412 g/mol. The third-order valence-electron chi connectivity index (χ3n) is 4.52. The number of carbonyl (C=O) groups excluding carboxylic acids is 3. The zero-order valence-electron chi connectivity index (χ0n) is 15.7. The number of halogens is 1. The van der Waals surface area contributed by atoms with E-state index in [0.717, 1.165) is 4.47 Å². The topological polar surface area (TPSA) is 88.4 Å². The fourth-order valence-electron chi connectivity index (χ4n) is 3.40. The summed E-state index contributed by atoms with van der Waals surface area (Å²) in [5.41, 5.74) is 1.80. The summed E-state index contributed by atoms with van der Waals surface area (Å²) in [6.45, 7) is 7.13. The van der Waals surface area contributed by atoms with Crippen LogP contribution in [0.2, 0.25) is 0 Å². The highest BCUT2D eigenvalue weighted by molar-refractivity contribution is 9.10. The van der Waals surface area contributed by atoms with Crippen LogP contribution in [0, 0.1) is 12.3 Å². The Bertz CT molecular complexity index is 959. The van der Waals surface area contributed by atoms with Gasteiger partial charge in [-0.2, -0.15) is 0 Å². The number of furan rings is 1. The van der Waals surface area contributed by atoms with Crippen LogP contribution in [0.5, 0.6) is 0 Å². The van der Waals surface area contributed by atoms with Crippen LogP contribution in [0.1, 0.15) is 59.4 Å². The molecule has 1 aliphatic rings. The standard InChI is InChI=1S/C20H21BrN2O4/c1-10-17-15(25)8-20(3,4)9-16(17)27-18(10)19(26)23-14-7-12(21)5-6-13(14)22-11(2)24/h5-7H,8-9H2,1-4H3,(H,22,24)(H,23,26). The van der Waals surface area contributed by atoms with Gasteiger partial charge in [0.25, 0.3) is 5.91 Å². The quantitative estimate of drug-likeness (QED) is 0.734. The molecule has 0 radical (unpaired) electrons. The molecule has 142 valence electrons. The van der Waals surface area contributed by atoms with Crippen molar-refractivity contribution in [3.8, 4) is 0 Å². The Labute approximate surface area is 165 Å². The first kappa shape index (κ1) is 19.4. The number of hydrogen-bond donors (Lipinski definition) is 2. The van der Waals surface area contributed by atoms with Crippen molar-refractivity contribution in [2.24, 2.45) is 5.41 Å². The van der Waals surface area contributed by atoms with E-state index < -0.39 is 5.91 Å². The highest BCUT2D eigenvalue weighted by atomic mass is 79.9. The Morgan fingerprint density at radius 2 is 1.85 bits per heavy atom. The largest absolute Gasteiger partial charge is 0.455 e. The van der Waals surface area contributed by atoms with Crippen molar-refractivity contribution in [3.05, 3.63) is 45.3 Å². The number of hydrogen-bond acceptors (Lipinski definition) is 4. The zero-order valence-corrected chi connectivity index (χ0v) is 17.2. The first-order chi connectivity index (χ1) is 12.6. The van der Waals surface area contributed by atoms with E-state index in [-0.39, 0.29) is 22.9 Å². The highest BCUT2D eigenvalue weighted by Gasteiger charge is 2.37. The van der Waals surface area contributed by atoms with Gasteiger partial charge in [0.05, 0.1) is 16.9 Å². The minimum Gasteiger partial charge on any atom is -0.455 e. The summed E-state index contributed by atoms with van der Waals surface area (Å²) < 4.78 is 6.55. The summed E-state index contributed by atoms with van der Waals surface area (Å²) in [6, 6.07) is 5.14. The Morgan fingerprint density at radius 1 is 1.15 bits per heavy atom. The second-order valence-electron chi connectivity index (χ2n) is 7.62. The maximum absolute atomic E-state index is 12.8. The number of Topliss-reactive ketones (excluding diaryl/α,β-unsaturated/α-hetero) is 1. The molecule has 7 heteroatoms. The Morgan fingerprint density at radius 3 is 2.52 bits per heavy atom. The van der Waals surface area contributed by atoms with Gasteiger partial charge in [0, 0.05) is 29.8 Å². The van der Waals surface area contributed by atoms with Gasteiger partial charge in [0.15, 0.2) is 11.5 Å². The van der Waals surface area contributed by atoms with Gasteiger partial charge in [0.1, 0.15) is 5.76 Å². The second-order valence-corrected chi connectivity index (χ2v) is 8.54. The van der Waals surface area contributed by atoms with Crippen molar-refractivity contribution < 1.29 is 18.8 Å². The number of rotatable bonds is 3. The van der Waals surface area contributed by atoms with Crippen LogP contribution < -0.4 is 10.6 Å². The first-order valence-electron chi connectivity index (χ1n) is 8.61. The van der Waals surface area contributed by atoms with Gasteiger partial charge in [-0.15, -0.1) is 0 Å². The lowest BCUT2D eigenvalue weighted by Crippen LogP contribution is -2.26. The lowest BCUT2D eigenvalue weighted by atomic mass is 9.76. The van der Waals surface area contributed by atoms with E-state index in [9.17, 15) is 14.4 Å². The lowest BCUT2D eigenvalue weighted by molar-refractivity contribution is -0.114. The van der Waals surface area contributed by atoms with Gasteiger partial charge in [-0.1, -0.05) is 29.8 Å². The molecule has 0 fully saturated rings. The minimum atomic E-state index is -0.461. The van der Waals surface area contributed by atoms with Crippen LogP contribution in [0.4, 0.5) is 11.4 Å². The molecule has 2 amide bonds. The van der Waals surface area contributed by atoms with Crippen molar-refractivity contribution in [2.45, 2.75) is 40.5 Å². The lowest BCUT2D eigenvalue weighted by Gasteiger charge is -2.27. The van der Waals surface area contributed by atoms with Gasteiger partial charge in [-0.05, 0) is 30.5 Å². The van der Waals surface area contributed by atoms with Gasteiger partial charge in [0.2, 0.25) is 5.91 Å². The molecule has 0 saturated heterocycles. The van der Waals surface area contributed by atoms with Gasteiger partial charge < -0.3 is 15.1 Å². The summed E-state index contributed by atoms with van der Waals surface area (Å²) in [7, 11) is 0. The predicted molar refractivity (Wildman–Crippen MR) is 106 cm³/mol. The fourth-order valence-corrected chi connectivity index (χ4v) is 3.76. The van der Waals surface area contributed by atoms with E-state index in [1.807, 2.05) is 13.8 Å². The van der Waals surface area contributed by atoms with Crippen LogP contribution in [0.25, 0.3) is 0 Å². The van der Waals surface area contributed by atoms with Crippen molar-refractivity contribution in [1.29, 1.82) is 0 Å². The average Bonchev–Trinajstić information content (AvgIpc) is 2.85. The smallest absolute Gasteiger partial charge is 0.291 e. The first-order valence-corrected chi connectivity index (χ1v) is 9.40. The molecule has 1 aliphatic carbocycles. The third-order valence-corrected chi connectivity index (χ3v) is 5.02. The van der Waals surface area contributed by atoms with E-state index in [2.05, 4.69) is 26.6 Å². The molecular formula is C20H21BrN2O4. The van der Waals surface area contributed by atoms with Crippen LogP contribution in [0.15, 0.2) is 27.1 Å². The van der Waals surface area contributed by atoms with Crippen molar-refractivity contribution in [2.75, 3.05) is 10.6 Å². The van der Waals surface area contributed by atoms with E-state index in [4.69, 9.17) is 4.42 Å².